The van der Waals surface area contributed by atoms with Crippen molar-refractivity contribution in [3.63, 3.8) is 0 Å². The number of hydrogen-bond acceptors (Lipinski definition) is 2. The van der Waals surface area contributed by atoms with Crippen LogP contribution in [0, 0.1) is 0 Å². The molecule has 3 nitrogen and oxygen atoms in total. The van der Waals surface area contributed by atoms with Crippen LogP contribution < -0.4 is 10.6 Å². The van der Waals surface area contributed by atoms with E-state index in [1.54, 1.807) is 0 Å². The molecular weight excluding hydrogens is 224 g/mol. The van der Waals surface area contributed by atoms with E-state index in [-0.39, 0.29) is 23.9 Å². The average molecular weight is 247 g/mol. The monoisotopic (exact) mass is 246 g/mol. The van der Waals surface area contributed by atoms with Crippen molar-refractivity contribution in [3.8, 4) is 0 Å². The number of rotatable bonds is 3. The van der Waals surface area contributed by atoms with Gasteiger partial charge in [-0.3, -0.25) is 4.79 Å². The first kappa shape index (κ1) is 13.8. The second-order valence-corrected chi connectivity index (χ2v) is 5.31. The van der Waals surface area contributed by atoms with E-state index in [1.165, 1.54) is 19.3 Å². The first-order chi connectivity index (χ1) is 7.18. The normalized spacial score (nSPS) is 27.4. The molecule has 1 atom stereocenters. The van der Waals surface area contributed by atoms with Crippen LogP contribution in [0.2, 0.25) is 0 Å². The molecule has 1 saturated heterocycles. The average Bonchev–Trinajstić information content (AvgIpc) is 2.76. The number of nitrogens with one attached hydrogen (secondary N) is 2. The summed E-state index contributed by atoms with van der Waals surface area (Å²) in [5.41, 5.74) is 0.0929. The predicted molar refractivity (Wildman–Crippen MR) is 67.9 cm³/mol. The summed E-state index contributed by atoms with van der Waals surface area (Å²) >= 11 is 0. The van der Waals surface area contributed by atoms with Crippen LogP contribution in [0.25, 0.3) is 0 Å². The molecule has 2 rings (SSSR count). The fourth-order valence-electron chi connectivity index (χ4n) is 2.82. The minimum absolute atomic E-state index is 0. The molecule has 2 N–H and O–H groups in total. The molecule has 1 unspecified atom stereocenters. The summed E-state index contributed by atoms with van der Waals surface area (Å²) in [5, 5.41) is 6.57. The molecule has 0 spiro atoms. The highest BCUT2D eigenvalue weighted by Crippen LogP contribution is 2.29. The summed E-state index contributed by atoms with van der Waals surface area (Å²) in [7, 11) is 0. The maximum Gasteiger partial charge on any atom is 0.221 e. The topological polar surface area (TPSA) is 41.1 Å². The SMILES string of the molecule is CC1(NC(=O)CC2CCCN2)CCCC1.Cl. The van der Waals surface area contributed by atoms with Gasteiger partial charge in [0.25, 0.3) is 0 Å². The summed E-state index contributed by atoms with van der Waals surface area (Å²) in [4.78, 5) is 11.8. The van der Waals surface area contributed by atoms with Gasteiger partial charge in [0.1, 0.15) is 0 Å². The van der Waals surface area contributed by atoms with Crippen molar-refractivity contribution in [3.05, 3.63) is 0 Å². The lowest BCUT2D eigenvalue weighted by molar-refractivity contribution is -0.123. The first-order valence-corrected chi connectivity index (χ1v) is 6.22. The zero-order chi connectivity index (χ0) is 10.7. The summed E-state index contributed by atoms with van der Waals surface area (Å²) in [6.07, 6.45) is 7.86. The molecule has 94 valence electrons. The molecule has 2 aliphatic rings. The Morgan fingerprint density at radius 2 is 2.06 bits per heavy atom. The summed E-state index contributed by atoms with van der Waals surface area (Å²) < 4.78 is 0. The second kappa shape index (κ2) is 5.87. The van der Waals surface area contributed by atoms with Gasteiger partial charge in [0.05, 0.1) is 0 Å². The van der Waals surface area contributed by atoms with E-state index in [4.69, 9.17) is 0 Å². The zero-order valence-electron chi connectivity index (χ0n) is 10.1. The maximum atomic E-state index is 11.8. The summed E-state index contributed by atoms with van der Waals surface area (Å²) in [6, 6.07) is 0.426. The van der Waals surface area contributed by atoms with E-state index < -0.39 is 0 Å². The van der Waals surface area contributed by atoms with Gasteiger partial charge < -0.3 is 10.6 Å². The van der Waals surface area contributed by atoms with Gasteiger partial charge in [0.2, 0.25) is 5.91 Å². The number of carbonyl (C=O) groups is 1. The highest BCUT2D eigenvalue weighted by Gasteiger charge is 2.30. The Kier molecular flexibility index (Phi) is 5.06. The number of carbonyl (C=O) groups excluding carboxylic acids is 1. The Labute approximate surface area is 104 Å². The van der Waals surface area contributed by atoms with Crippen LogP contribution >= 0.6 is 12.4 Å². The Morgan fingerprint density at radius 3 is 2.62 bits per heavy atom. The molecule has 0 aromatic rings. The molecule has 1 saturated carbocycles. The maximum absolute atomic E-state index is 11.8. The van der Waals surface area contributed by atoms with Crippen LogP contribution in [0.1, 0.15) is 51.9 Å². The van der Waals surface area contributed by atoms with Crippen LogP contribution in [0.4, 0.5) is 0 Å². The first-order valence-electron chi connectivity index (χ1n) is 6.22. The van der Waals surface area contributed by atoms with E-state index >= 15 is 0 Å². The fourth-order valence-corrected chi connectivity index (χ4v) is 2.82. The van der Waals surface area contributed by atoms with Crippen molar-refractivity contribution in [1.29, 1.82) is 0 Å². The van der Waals surface area contributed by atoms with E-state index in [0.717, 1.165) is 25.8 Å². The third-order valence-electron chi connectivity index (χ3n) is 3.74. The van der Waals surface area contributed by atoms with Crippen molar-refractivity contribution >= 4 is 18.3 Å². The molecule has 1 aliphatic heterocycles. The predicted octanol–water partition coefficient (Wildman–Crippen LogP) is 2.00. The van der Waals surface area contributed by atoms with Gasteiger partial charge in [-0.1, -0.05) is 12.8 Å². The highest BCUT2D eigenvalue weighted by molar-refractivity contribution is 5.85. The molecule has 0 bridgehead atoms. The standard InChI is InChI=1S/C12H22N2O.ClH/c1-12(6-2-3-7-12)14-11(15)9-10-5-4-8-13-10;/h10,13H,2-9H2,1H3,(H,14,15);1H. The molecule has 16 heavy (non-hydrogen) atoms. The Hall–Kier alpha value is -0.280. The van der Waals surface area contributed by atoms with Gasteiger partial charge in [-0.05, 0) is 39.2 Å². The van der Waals surface area contributed by atoms with Gasteiger partial charge in [-0.15, -0.1) is 12.4 Å². The summed E-state index contributed by atoms with van der Waals surface area (Å²) in [6.45, 7) is 3.26. The van der Waals surface area contributed by atoms with Crippen molar-refractivity contribution in [1.82, 2.24) is 10.6 Å². The lowest BCUT2D eigenvalue weighted by Gasteiger charge is -2.26. The van der Waals surface area contributed by atoms with Crippen LogP contribution in [0.15, 0.2) is 0 Å². The summed E-state index contributed by atoms with van der Waals surface area (Å²) in [5.74, 6) is 0.235. The van der Waals surface area contributed by atoms with Crippen molar-refractivity contribution in [2.75, 3.05) is 6.54 Å². The van der Waals surface area contributed by atoms with Gasteiger partial charge in [-0.2, -0.15) is 0 Å². The molecule has 2 fully saturated rings. The molecule has 1 heterocycles. The molecule has 0 aromatic heterocycles. The molecule has 1 amide bonds. The smallest absolute Gasteiger partial charge is 0.221 e. The highest BCUT2D eigenvalue weighted by atomic mass is 35.5. The van der Waals surface area contributed by atoms with Crippen LogP contribution in [-0.2, 0) is 4.79 Å². The van der Waals surface area contributed by atoms with Crippen molar-refractivity contribution in [2.45, 2.75) is 63.5 Å². The lowest BCUT2D eigenvalue weighted by Crippen LogP contribution is -2.45. The molecule has 0 aromatic carbocycles. The quantitative estimate of drug-likeness (QED) is 0.800. The van der Waals surface area contributed by atoms with Crippen molar-refractivity contribution in [2.24, 2.45) is 0 Å². The van der Waals surface area contributed by atoms with Crippen LogP contribution in [0.3, 0.4) is 0 Å². The Bertz CT molecular complexity index is 233. The molecular formula is C12H23ClN2O. The van der Waals surface area contributed by atoms with Gasteiger partial charge in [0.15, 0.2) is 0 Å². The van der Waals surface area contributed by atoms with Gasteiger partial charge >= 0.3 is 0 Å². The van der Waals surface area contributed by atoms with E-state index in [2.05, 4.69) is 17.6 Å². The largest absolute Gasteiger partial charge is 0.351 e. The number of halogens is 1. The lowest BCUT2D eigenvalue weighted by atomic mass is 10.00. The Morgan fingerprint density at radius 1 is 1.38 bits per heavy atom. The van der Waals surface area contributed by atoms with Crippen molar-refractivity contribution < 1.29 is 4.79 Å². The number of hydrogen-bond donors (Lipinski definition) is 2. The fraction of sp³-hybridized carbons (Fsp3) is 0.917. The number of amides is 1. The van der Waals surface area contributed by atoms with Gasteiger partial charge in [0, 0.05) is 18.0 Å². The second-order valence-electron chi connectivity index (χ2n) is 5.31. The Balaban J connectivity index is 0.00000128. The van der Waals surface area contributed by atoms with Crippen LogP contribution in [-0.4, -0.2) is 24.0 Å². The van der Waals surface area contributed by atoms with E-state index in [9.17, 15) is 4.79 Å². The third-order valence-corrected chi connectivity index (χ3v) is 3.74. The van der Waals surface area contributed by atoms with Gasteiger partial charge in [-0.25, -0.2) is 0 Å². The third kappa shape index (κ3) is 3.63. The minimum Gasteiger partial charge on any atom is -0.351 e. The van der Waals surface area contributed by atoms with Crippen LogP contribution in [0.5, 0.6) is 0 Å². The zero-order valence-corrected chi connectivity index (χ0v) is 10.9. The molecule has 1 aliphatic carbocycles. The molecule has 0 radical (unpaired) electrons. The molecule has 4 heteroatoms. The van der Waals surface area contributed by atoms with E-state index in [1.807, 2.05) is 0 Å². The minimum atomic E-state index is 0. The van der Waals surface area contributed by atoms with E-state index in [0.29, 0.717) is 12.5 Å².